The van der Waals surface area contributed by atoms with Crippen LogP contribution in [0.3, 0.4) is 0 Å². The number of hydrogen-bond donors (Lipinski definition) is 0. The topological polar surface area (TPSA) is 78.9 Å². The van der Waals surface area contributed by atoms with Gasteiger partial charge in [0.05, 0.1) is 0 Å². The van der Waals surface area contributed by atoms with Gasteiger partial charge < -0.3 is 14.2 Å². The zero-order valence-corrected chi connectivity index (χ0v) is 48.4. The summed E-state index contributed by atoms with van der Waals surface area (Å²) in [6.07, 6.45) is 79.6. The van der Waals surface area contributed by atoms with E-state index in [1.165, 1.54) is 173 Å². The van der Waals surface area contributed by atoms with Crippen LogP contribution in [0.5, 0.6) is 0 Å². The van der Waals surface area contributed by atoms with E-state index in [2.05, 4.69) is 93.7 Å². The van der Waals surface area contributed by atoms with E-state index in [0.29, 0.717) is 19.3 Å². The number of carbonyl (C=O) groups excluding carboxylic acids is 3. The van der Waals surface area contributed by atoms with Crippen LogP contribution in [0.15, 0.2) is 72.9 Å². The van der Waals surface area contributed by atoms with Gasteiger partial charge in [-0.3, -0.25) is 14.4 Å². The molecule has 0 aliphatic rings. The SMILES string of the molecule is CC/C=C\C/C=C\C/C=C\C/C=C\C/C=C\C/C=C\CCCCCCCCCCCCCCCCC(=O)OCC(COC(=O)CCCCCCC)OC(=O)CCCCCCCCCCCCCCCCCCC. The predicted octanol–water partition coefficient (Wildman–Crippen LogP) is 21.3. The second kappa shape index (κ2) is 61.4. The molecular formula is C67H118O6. The molecule has 73 heavy (non-hydrogen) atoms. The van der Waals surface area contributed by atoms with Crippen molar-refractivity contribution in [3.8, 4) is 0 Å². The third kappa shape index (κ3) is 59.6. The van der Waals surface area contributed by atoms with Gasteiger partial charge in [-0.1, -0.05) is 299 Å². The molecule has 0 N–H and O–H groups in total. The van der Waals surface area contributed by atoms with Gasteiger partial charge in [0.25, 0.3) is 0 Å². The van der Waals surface area contributed by atoms with Crippen LogP contribution in [0.1, 0.15) is 316 Å². The minimum Gasteiger partial charge on any atom is -0.462 e. The summed E-state index contributed by atoms with van der Waals surface area (Å²) in [6.45, 7) is 6.48. The summed E-state index contributed by atoms with van der Waals surface area (Å²) >= 11 is 0. The number of unbranched alkanes of at least 4 members (excludes halogenated alkanes) is 34. The molecule has 0 aromatic rings. The fraction of sp³-hybridized carbons (Fsp3) is 0.776. The lowest BCUT2D eigenvalue weighted by molar-refractivity contribution is -0.167. The normalized spacial score (nSPS) is 12.5. The molecular weight excluding hydrogens is 901 g/mol. The Hall–Kier alpha value is -3.15. The first-order chi connectivity index (χ1) is 36.0. The Labute approximate surface area is 453 Å². The highest BCUT2D eigenvalue weighted by Crippen LogP contribution is 2.17. The van der Waals surface area contributed by atoms with Crippen LogP contribution in [-0.4, -0.2) is 37.2 Å². The minimum absolute atomic E-state index is 0.0710. The third-order valence-electron chi connectivity index (χ3n) is 13.7. The molecule has 0 saturated heterocycles. The summed E-state index contributed by atoms with van der Waals surface area (Å²) in [5.41, 5.74) is 0. The highest BCUT2D eigenvalue weighted by atomic mass is 16.6. The molecule has 1 unspecified atom stereocenters. The molecule has 0 saturated carbocycles. The first kappa shape index (κ1) is 69.8. The number of allylic oxidation sites excluding steroid dienone is 12. The predicted molar refractivity (Wildman–Crippen MR) is 316 cm³/mol. The maximum Gasteiger partial charge on any atom is 0.306 e. The molecule has 1 atom stereocenters. The standard InChI is InChI=1S/C67H118O6/c1-4-7-10-13-15-17-19-21-23-25-26-27-28-29-30-31-32-33-34-35-36-37-38-39-40-42-43-45-47-49-51-54-57-60-66(69)72-63-64(62-71-65(68)59-56-53-12-9-6-3)73-67(70)61-58-55-52-50-48-46-44-41-24-22-20-18-16-14-11-8-5-2/h7,10,15,17,21,23,26-27,29-30,32-33,64H,4-6,8-9,11-14,16,18-20,22,24-25,28,31,34-63H2,1-3H3/b10-7-,17-15-,23-21-,27-26-,30-29-,33-32-. The number of carbonyl (C=O) groups is 3. The van der Waals surface area contributed by atoms with Crippen LogP contribution in [0.4, 0.5) is 0 Å². The van der Waals surface area contributed by atoms with Crippen molar-refractivity contribution in [2.24, 2.45) is 0 Å². The molecule has 422 valence electrons. The Bertz CT molecular complexity index is 1360. The summed E-state index contributed by atoms with van der Waals surface area (Å²) < 4.78 is 16.8. The fourth-order valence-electron chi connectivity index (χ4n) is 9.04. The van der Waals surface area contributed by atoms with E-state index in [4.69, 9.17) is 14.2 Å². The van der Waals surface area contributed by atoms with E-state index >= 15 is 0 Å². The second-order valence-corrected chi connectivity index (χ2v) is 21.0. The molecule has 0 aromatic carbocycles. The first-order valence-corrected chi connectivity index (χ1v) is 31.4. The molecule has 6 nitrogen and oxygen atoms in total. The molecule has 6 heteroatoms. The van der Waals surface area contributed by atoms with Gasteiger partial charge in [0.2, 0.25) is 0 Å². The summed E-state index contributed by atoms with van der Waals surface area (Å²) in [7, 11) is 0. The van der Waals surface area contributed by atoms with E-state index in [0.717, 1.165) is 103 Å². The van der Waals surface area contributed by atoms with E-state index in [9.17, 15) is 14.4 Å². The van der Waals surface area contributed by atoms with Crippen LogP contribution < -0.4 is 0 Å². The summed E-state index contributed by atoms with van der Waals surface area (Å²) in [4.78, 5) is 37.9. The fourth-order valence-corrected chi connectivity index (χ4v) is 9.04. The molecule has 0 heterocycles. The number of esters is 3. The van der Waals surface area contributed by atoms with Crippen molar-refractivity contribution in [1.82, 2.24) is 0 Å². The smallest absolute Gasteiger partial charge is 0.306 e. The van der Waals surface area contributed by atoms with Gasteiger partial charge in [-0.15, -0.1) is 0 Å². The van der Waals surface area contributed by atoms with Crippen molar-refractivity contribution in [3.05, 3.63) is 72.9 Å². The maximum atomic E-state index is 12.8. The van der Waals surface area contributed by atoms with E-state index in [-0.39, 0.29) is 31.1 Å². The Kier molecular flexibility index (Phi) is 58.7. The largest absolute Gasteiger partial charge is 0.462 e. The third-order valence-corrected chi connectivity index (χ3v) is 13.7. The molecule has 0 aliphatic heterocycles. The van der Waals surface area contributed by atoms with Crippen molar-refractivity contribution >= 4 is 17.9 Å². The molecule has 0 aromatic heterocycles. The van der Waals surface area contributed by atoms with Crippen molar-refractivity contribution < 1.29 is 28.6 Å². The Morgan fingerprint density at radius 1 is 0.288 bits per heavy atom. The summed E-state index contributed by atoms with van der Waals surface area (Å²) in [6, 6.07) is 0. The van der Waals surface area contributed by atoms with Gasteiger partial charge in [0, 0.05) is 19.3 Å². The Morgan fingerprint density at radius 2 is 0.534 bits per heavy atom. The zero-order valence-electron chi connectivity index (χ0n) is 48.4. The monoisotopic (exact) mass is 1020 g/mol. The highest BCUT2D eigenvalue weighted by Gasteiger charge is 2.19. The Balaban J connectivity index is 3.96. The number of ether oxygens (including phenoxy) is 3. The first-order valence-electron chi connectivity index (χ1n) is 31.4. The van der Waals surface area contributed by atoms with Crippen LogP contribution in [0, 0.1) is 0 Å². The van der Waals surface area contributed by atoms with Gasteiger partial charge in [-0.2, -0.15) is 0 Å². The van der Waals surface area contributed by atoms with Crippen molar-refractivity contribution in [1.29, 1.82) is 0 Å². The van der Waals surface area contributed by atoms with E-state index in [1.54, 1.807) is 0 Å². The molecule has 0 fully saturated rings. The number of hydrogen-bond acceptors (Lipinski definition) is 6. The molecule has 0 bridgehead atoms. The van der Waals surface area contributed by atoms with Gasteiger partial charge in [-0.25, -0.2) is 0 Å². The molecule has 0 amide bonds. The van der Waals surface area contributed by atoms with Crippen LogP contribution in [-0.2, 0) is 28.6 Å². The lowest BCUT2D eigenvalue weighted by Crippen LogP contribution is -2.30. The number of rotatable bonds is 57. The van der Waals surface area contributed by atoms with Gasteiger partial charge in [0.1, 0.15) is 13.2 Å². The summed E-state index contributed by atoms with van der Waals surface area (Å²) in [5, 5.41) is 0. The van der Waals surface area contributed by atoms with Gasteiger partial charge >= 0.3 is 17.9 Å². The maximum absolute atomic E-state index is 12.8. The molecule has 0 spiro atoms. The van der Waals surface area contributed by atoms with E-state index in [1.807, 2.05) is 0 Å². The average molecular weight is 1020 g/mol. The Morgan fingerprint density at radius 3 is 0.836 bits per heavy atom. The minimum atomic E-state index is -0.768. The highest BCUT2D eigenvalue weighted by molar-refractivity contribution is 5.71. The lowest BCUT2D eigenvalue weighted by Gasteiger charge is -2.18. The van der Waals surface area contributed by atoms with Crippen LogP contribution in [0.25, 0.3) is 0 Å². The molecule has 0 rings (SSSR count). The van der Waals surface area contributed by atoms with Crippen molar-refractivity contribution in [2.75, 3.05) is 13.2 Å². The second-order valence-electron chi connectivity index (χ2n) is 21.0. The van der Waals surface area contributed by atoms with Crippen molar-refractivity contribution in [3.63, 3.8) is 0 Å². The van der Waals surface area contributed by atoms with E-state index < -0.39 is 6.10 Å². The average Bonchev–Trinajstić information content (AvgIpc) is 3.39. The summed E-state index contributed by atoms with van der Waals surface area (Å²) in [5.74, 6) is -0.871. The van der Waals surface area contributed by atoms with Crippen molar-refractivity contribution in [2.45, 2.75) is 322 Å². The lowest BCUT2D eigenvalue weighted by atomic mass is 10.0. The quantitative estimate of drug-likeness (QED) is 0.0261. The van der Waals surface area contributed by atoms with Crippen LogP contribution in [0.2, 0.25) is 0 Å². The molecule has 0 aliphatic carbocycles. The van der Waals surface area contributed by atoms with Gasteiger partial charge in [0.15, 0.2) is 6.10 Å². The van der Waals surface area contributed by atoms with Gasteiger partial charge in [-0.05, 0) is 70.6 Å². The zero-order chi connectivity index (χ0) is 52.9. The van der Waals surface area contributed by atoms with Crippen LogP contribution >= 0.6 is 0 Å². The molecule has 0 radical (unpaired) electrons.